The standard InChI is InChI=1S/C75H104N16O22S/c1-8-41(4)64-69(105)80-34-59(98)82-52-39-114(111)71-49(48-15-11-12-16-50(48)84-71)29-44(66(102)79-35-60(99)86-64)30-55(94)65(42(5)56(95)37-92)87-68(104)53-33-47(36-91(53)72(107)45(31-54(52)93)32-57(76)96)113-75(110)89(7)28-27-88(6)74(109)112-38-43-19-21-46(22-20-43)81-67(103)51(17-14-25-78-73(77)108)83-70(106)63(40(2)3)85-58(97)18-10-9-13-26-90-61(100)23-24-62(90)101/h11-12,15-16,19-24,40-42,44-45,47,51-53,56,63-65,84,92,95H,8-10,13-14,17-18,25-39H2,1-7H3,(H2,76,96)(H,79,102)(H,80,105)(H,81,103)(H,82,98)(H,83,106)(H,85,97)(H,86,99)(H,87,104)(H3,77,78,108)/t41-,42-,44+,45-,47+,51-,52-,53?,56-,63-,64-,65-,114?/m0/s1. The van der Waals surface area contributed by atoms with E-state index < -0.39 is 254 Å². The summed E-state index contributed by atoms with van der Waals surface area (Å²) in [7, 11) is 0.340. The lowest BCUT2D eigenvalue weighted by molar-refractivity contribution is -0.145. The van der Waals surface area contributed by atoms with E-state index in [2.05, 4.69) is 52.8 Å². The van der Waals surface area contributed by atoms with Gasteiger partial charge in [0.2, 0.25) is 59.1 Å². The number of nitrogens with one attached hydrogen (secondary N) is 10. The van der Waals surface area contributed by atoms with Crippen LogP contribution in [-0.2, 0) is 100 Å². The number of ketones is 2. The zero-order valence-corrected chi connectivity index (χ0v) is 65.6. The number of benzene rings is 2. The molecule has 1 saturated heterocycles. The van der Waals surface area contributed by atoms with Crippen LogP contribution in [0.15, 0.2) is 65.7 Å². The van der Waals surface area contributed by atoms with E-state index in [0.29, 0.717) is 42.1 Å². The Bertz CT molecular complexity index is 4120. The maximum Gasteiger partial charge on any atom is 0.409 e. The van der Waals surface area contributed by atoms with Gasteiger partial charge in [-0.05, 0) is 73.3 Å². The number of anilines is 1. The number of carbonyl (C=O) groups excluding carboxylic acids is 17. The number of para-hydroxylation sites is 1. The number of carbonyl (C=O) groups is 17. The fraction of sp³-hybridized carbons (Fsp3) is 0.560. The molecular formula is C75H104N16O22S. The lowest BCUT2D eigenvalue weighted by Gasteiger charge is -2.32. The van der Waals surface area contributed by atoms with Gasteiger partial charge in [-0.3, -0.25) is 76.2 Å². The van der Waals surface area contributed by atoms with E-state index in [1.165, 1.54) is 45.3 Å². The second-order valence-corrected chi connectivity index (χ2v) is 30.7. The Balaban J connectivity index is 1.04. The molecule has 4 aliphatic rings. The Morgan fingerprint density at radius 1 is 0.737 bits per heavy atom. The Kier molecular flexibility index (Phi) is 33.6. The number of fused-ring (bicyclic) bond motifs is 5. The summed E-state index contributed by atoms with van der Waals surface area (Å²) in [5.74, 6) is -17.6. The molecule has 0 spiro atoms. The number of aromatic amines is 1. The van der Waals surface area contributed by atoms with Crippen molar-refractivity contribution in [3.05, 3.63) is 71.8 Å². The highest BCUT2D eigenvalue weighted by molar-refractivity contribution is 7.85. The first-order valence-electron chi connectivity index (χ1n) is 37.8. The van der Waals surface area contributed by atoms with Gasteiger partial charge < -0.3 is 98.7 Å². The molecule has 3 aromatic rings. The van der Waals surface area contributed by atoms with Crippen molar-refractivity contribution in [1.82, 2.24) is 67.1 Å². The van der Waals surface area contributed by atoms with Gasteiger partial charge in [0, 0.05) is 113 Å². The van der Waals surface area contributed by atoms with Crippen molar-refractivity contribution in [1.29, 1.82) is 0 Å². The molecule has 2 unspecified atom stereocenters. The number of amides is 16. The van der Waals surface area contributed by atoms with Crippen LogP contribution in [0, 0.1) is 29.6 Å². The van der Waals surface area contributed by atoms with E-state index in [1.54, 1.807) is 64.1 Å². The van der Waals surface area contributed by atoms with Crippen LogP contribution >= 0.6 is 0 Å². The number of Topliss-reactive ketones (excluding diaryl/α,β-unsaturated/α-hetero) is 2. The first-order valence-corrected chi connectivity index (χ1v) is 39.1. The number of ether oxygens (including phenoxy) is 2. The summed E-state index contributed by atoms with van der Waals surface area (Å²) in [6, 6.07) is 3.12. The molecule has 0 aliphatic carbocycles. The Labute approximate surface area is 660 Å². The summed E-state index contributed by atoms with van der Waals surface area (Å²) in [4.78, 5) is 240. The normalized spacial score (nSPS) is 22.1. The summed E-state index contributed by atoms with van der Waals surface area (Å²) < 4.78 is 26.4. The van der Waals surface area contributed by atoms with Gasteiger partial charge in [0.15, 0.2) is 11.6 Å². The van der Waals surface area contributed by atoms with Gasteiger partial charge in [0.1, 0.15) is 41.9 Å². The van der Waals surface area contributed by atoms with Crippen molar-refractivity contribution < 1.29 is 105 Å². The molecule has 13 atom stereocenters. The highest BCUT2D eigenvalue weighted by Gasteiger charge is 2.47. The van der Waals surface area contributed by atoms with Crippen LogP contribution in [0.3, 0.4) is 0 Å². The molecule has 2 aromatic carbocycles. The van der Waals surface area contributed by atoms with Gasteiger partial charge in [-0.15, -0.1) is 0 Å². The van der Waals surface area contributed by atoms with Gasteiger partial charge in [-0.2, -0.15) is 0 Å². The average Bonchev–Trinajstić information content (AvgIpc) is 1.64. The Hall–Kier alpha value is -11.2. The number of rotatable bonds is 29. The fourth-order valence-electron chi connectivity index (χ4n) is 13.4. The number of hydrogen-bond acceptors (Lipinski definition) is 22. The summed E-state index contributed by atoms with van der Waals surface area (Å²) in [6.45, 7) is 4.67. The van der Waals surface area contributed by atoms with Crippen LogP contribution in [0.1, 0.15) is 116 Å². The predicted octanol–water partition coefficient (Wildman–Crippen LogP) is -1.60. The highest BCUT2D eigenvalue weighted by Crippen LogP contribution is 2.32. The quantitative estimate of drug-likeness (QED) is 0.0275. The molecule has 16 N–H and O–H groups in total. The molecule has 5 heterocycles. The molecule has 38 nitrogen and oxygen atoms in total. The third-order valence-corrected chi connectivity index (χ3v) is 21.8. The molecule has 622 valence electrons. The molecule has 16 amide bonds. The Morgan fingerprint density at radius 3 is 2.04 bits per heavy atom. The highest BCUT2D eigenvalue weighted by atomic mass is 32.2. The molecule has 0 radical (unpaired) electrons. The fourth-order valence-corrected chi connectivity index (χ4v) is 14.8. The van der Waals surface area contributed by atoms with Crippen molar-refractivity contribution in [3.63, 3.8) is 0 Å². The van der Waals surface area contributed by atoms with Crippen molar-refractivity contribution >= 4 is 128 Å². The third kappa shape index (κ3) is 25.7. The zero-order valence-electron chi connectivity index (χ0n) is 64.7. The lowest BCUT2D eigenvalue weighted by atomic mass is 9.85. The number of aliphatic hydroxyl groups excluding tert-OH is 2. The van der Waals surface area contributed by atoms with Gasteiger partial charge in [0.05, 0.1) is 66.9 Å². The van der Waals surface area contributed by atoms with Crippen molar-refractivity contribution in [3.8, 4) is 0 Å². The first kappa shape index (κ1) is 90.0. The van der Waals surface area contributed by atoms with Crippen LogP contribution in [0.25, 0.3) is 10.9 Å². The van der Waals surface area contributed by atoms with Crippen molar-refractivity contribution in [2.45, 2.75) is 172 Å². The van der Waals surface area contributed by atoms with E-state index in [1.807, 2.05) is 0 Å². The van der Waals surface area contributed by atoms with Gasteiger partial charge in [-0.25, -0.2) is 14.4 Å². The SMILES string of the molecule is CC[C@H](C)[C@@H]1NC(=O)CNC(=O)[C@H]2CC(=O)[C@H]([C@@H](C)[C@@H](O)CO)NC(=O)C3C[C@@H](OC(=O)N(C)CCN(C)C(=O)OCc4ccc(NC(=O)[C@H](CCCNC(N)=O)NC(=O)[C@@H](NC(=O)CCCCCN5C(=O)C=CC5=O)C(C)C)cc4)CN3C(=O)[C@H](CC(N)=O)CC(=O)[C@H](CS(=O)c3[nH]c4ccccc4c3C2)NC(=O)CNC1=O. The number of primary amides is 2. The van der Waals surface area contributed by atoms with E-state index in [4.69, 9.17) is 20.9 Å². The number of unbranched alkanes of at least 4 members (excludes halogenated alkanes) is 2. The topological polar surface area (TPSA) is 555 Å². The molecule has 0 saturated carbocycles. The van der Waals surface area contributed by atoms with Crippen LogP contribution in [-0.4, -0.2) is 260 Å². The number of nitrogens with two attached hydrogens (primary N) is 2. The lowest BCUT2D eigenvalue weighted by Crippen LogP contribution is -2.56. The van der Waals surface area contributed by atoms with E-state index in [0.717, 1.165) is 19.6 Å². The predicted molar refractivity (Wildman–Crippen MR) is 408 cm³/mol. The number of H-pyrrole nitrogens is 1. The Morgan fingerprint density at radius 2 is 1.39 bits per heavy atom. The third-order valence-electron chi connectivity index (χ3n) is 20.3. The first-order chi connectivity index (χ1) is 54.1. The maximum atomic E-state index is 15.2. The van der Waals surface area contributed by atoms with E-state index in [9.17, 15) is 77.3 Å². The van der Waals surface area contributed by atoms with E-state index in [-0.39, 0.29) is 68.3 Å². The minimum absolute atomic E-state index is 0.0339. The average molecular weight is 1610 g/mol. The molecule has 7 rings (SSSR count). The number of likely N-dealkylation sites (N-methyl/N-ethyl adjacent to an activating group) is 2. The number of urea groups is 1. The minimum atomic E-state index is -2.35. The summed E-state index contributed by atoms with van der Waals surface area (Å²) in [5, 5.41) is 45.0. The number of aliphatic hydroxyl groups is 2. The second kappa shape index (κ2) is 42.6. The molecule has 4 aliphatic heterocycles. The number of aromatic nitrogens is 1. The largest absolute Gasteiger partial charge is 0.445 e. The molecule has 114 heavy (non-hydrogen) atoms. The maximum absolute atomic E-state index is 15.2. The van der Waals surface area contributed by atoms with Crippen molar-refractivity contribution in [2.24, 2.45) is 41.1 Å². The monoisotopic (exact) mass is 1610 g/mol. The zero-order chi connectivity index (χ0) is 83.8. The summed E-state index contributed by atoms with van der Waals surface area (Å²) in [5.41, 5.74) is 12.3. The molecular weight excluding hydrogens is 1510 g/mol. The van der Waals surface area contributed by atoms with Crippen LogP contribution in [0.2, 0.25) is 0 Å². The minimum Gasteiger partial charge on any atom is -0.445 e. The summed E-state index contributed by atoms with van der Waals surface area (Å²) in [6.07, 6.45) is -4.04. The van der Waals surface area contributed by atoms with Gasteiger partial charge >= 0.3 is 18.2 Å². The number of nitrogens with zero attached hydrogens (tertiary/aromatic N) is 4. The molecule has 1 aromatic heterocycles. The van der Waals surface area contributed by atoms with Crippen LogP contribution < -0.4 is 59.3 Å². The van der Waals surface area contributed by atoms with Crippen molar-refractivity contribution in [2.75, 3.05) is 77.6 Å². The smallest absolute Gasteiger partial charge is 0.409 e. The number of hydrogen-bond donors (Lipinski definition) is 14. The second-order valence-electron chi connectivity index (χ2n) is 29.3. The molecule has 39 heteroatoms. The summed E-state index contributed by atoms with van der Waals surface area (Å²) >= 11 is 0. The molecule has 1 fully saturated rings. The van der Waals surface area contributed by atoms with Gasteiger partial charge in [-0.1, -0.05) is 77.8 Å². The number of imide groups is 1. The molecule has 2 bridgehead atoms. The van der Waals surface area contributed by atoms with E-state index >= 15 is 18.6 Å². The van der Waals surface area contributed by atoms with Crippen LogP contribution in [0.4, 0.5) is 20.1 Å². The van der Waals surface area contributed by atoms with Crippen LogP contribution in [0.5, 0.6) is 0 Å². The van der Waals surface area contributed by atoms with Gasteiger partial charge in [0.25, 0.3) is 11.8 Å².